The Kier molecular flexibility index (Phi) is 5.85. The third-order valence-corrected chi connectivity index (χ3v) is 2.59. The largest absolute Gasteiger partial charge is 0.355 e. The van der Waals surface area contributed by atoms with Gasteiger partial charge in [0.15, 0.2) is 0 Å². The number of carbonyl (C=O) groups is 2. The highest BCUT2D eigenvalue weighted by atomic mass is 16.2. The summed E-state index contributed by atoms with van der Waals surface area (Å²) >= 11 is 0. The van der Waals surface area contributed by atoms with Crippen LogP contribution in [0.3, 0.4) is 0 Å². The Labute approximate surface area is 96.6 Å². The molecule has 0 aromatic heterocycles. The van der Waals surface area contributed by atoms with Gasteiger partial charge < -0.3 is 10.2 Å². The molecule has 0 radical (unpaired) electrons. The molecule has 1 heterocycles. The van der Waals surface area contributed by atoms with E-state index in [1.807, 2.05) is 11.8 Å². The van der Waals surface area contributed by atoms with Gasteiger partial charge in [-0.05, 0) is 19.3 Å². The molecule has 2 amide bonds. The lowest BCUT2D eigenvalue weighted by Gasteiger charge is -2.15. The van der Waals surface area contributed by atoms with Gasteiger partial charge in [0.2, 0.25) is 11.8 Å². The van der Waals surface area contributed by atoms with E-state index in [9.17, 15) is 9.59 Å². The van der Waals surface area contributed by atoms with Crippen LogP contribution >= 0.6 is 0 Å². The first-order valence-electron chi connectivity index (χ1n) is 5.99. The van der Waals surface area contributed by atoms with E-state index in [1.165, 1.54) is 0 Å². The SMILES string of the molecule is CCCNC(=O)CNCC(=O)N1CCCC1. The number of rotatable bonds is 6. The quantitative estimate of drug-likeness (QED) is 0.656. The Morgan fingerprint density at radius 3 is 2.50 bits per heavy atom. The molecule has 1 aliphatic rings. The standard InChI is InChI=1S/C11H21N3O2/c1-2-5-13-10(15)8-12-9-11(16)14-6-3-4-7-14/h12H,2-9H2,1H3,(H,13,15). The summed E-state index contributed by atoms with van der Waals surface area (Å²) < 4.78 is 0. The molecule has 0 aliphatic carbocycles. The van der Waals surface area contributed by atoms with Crippen molar-refractivity contribution in [1.82, 2.24) is 15.5 Å². The lowest BCUT2D eigenvalue weighted by molar-refractivity contribution is -0.129. The van der Waals surface area contributed by atoms with Crippen LogP contribution in [0.4, 0.5) is 0 Å². The Balaban J connectivity index is 2.05. The summed E-state index contributed by atoms with van der Waals surface area (Å²) in [5.74, 6) is 0.0527. The molecular formula is C11H21N3O2. The lowest BCUT2D eigenvalue weighted by Crippen LogP contribution is -2.40. The zero-order valence-electron chi connectivity index (χ0n) is 9.92. The van der Waals surface area contributed by atoms with E-state index in [1.54, 1.807) is 0 Å². The third kappa shape index (κ3) is 4.61. The van der Waals surface area contributed by atoms with Crippen LogP contribution in [0.1, 0.15) is 26.2 Å². The van der Waals surface area contributed by atoms with E-state index >= 15 is 0 Å². The molecule has 1 fully saturated rings. The normalized spacial score (nSPS) is 15.2. The van der Waals surface area contributed by atoms with Gasteiger partial charge in [0, 0.05) is 19.6 Å². The number of hydrogen-bond acceptors (Lipinski definition) is 3. The van der Waals surface area contributed by atoms with Crippen LogP contribution in [0.25, 0.3) is 0 Å². The van der Waals surface area contributed by atoms with Gasteiger partial charge in [-0.25, -0.2) is 0 Å². The van der Waals surface area contributed by atoms with Crippen LogP contribution in [0.15, 0.2) is 0 Å². The van der Waals surface area contributed by atoms with Crippen molar-refractivity contribution in [2.75, 3.05) is 32.7 Å². The molecule has 2 N–H and O–H groups in total. The van der Waals surface area contributed by atoms with E-state index in [0.29, 0.717) is 6.54 Å². The highest BCUT2D eigenvalue weighted by Gasteiger charge is 2.17. The minimum Gasteiger partial charge on any atom is -0.355 e. The molecule has 1 aliphatic heterocycles. The van der Waals surface area contributed by atoms with Crippen molar-refractivity contribution in [3.8, 4) is 0 Å². The Morgan fingerprint density at radius 2 is 1.88 bits per heavy atom. The minimum atomic E-state index is -0.0453. The predicted octanol–water partition coefficient (Wildman–Crippen LogP) is -0.275. The van der Waals surface area contributed by atoms with Crippen molar-refractivity contribution in [3.63, 3.8) is 0 Å². The van der Waals surface area contributed by atoms with Crippen molar-refractivity contribution in [2.45, 2.75) is 26.2 Å². The number of nitrogens with zero attached hydrogens (tertiary/aromatic N) is 1. The van der Waals surface area contributed by atoms with Crippen LogP contribution in [-0.4, -0.2) is 49.4 Å². The molecular weight excluding hydrogens is 206 g/mol. The van der Waals surface area contributed by atoms with Crippen molar-refractivity contribution in [3.05, 3.63) is 0 Å². The van der Waals surface area contributed by atoms with Crippen molar-refractivity contribution < 1.29 is 9.59 Å². The fourth-order valence-corrected chi connectivity index (χ4v) is 1.69. The van der Waals surface area contributed by atoms with E-state index in [4.69, 9.17) is 0 Å². The Bertz CT molecular complexity index is 237. The Morgan fingerprint density at radius 1 is 1.19 bits per heavy atom. The monoisotopic (exact) mass is 227 g/mol. The predicted molar refractivity (Wildman–Crippen MR) is 62.0 cm³/mol. The van der Waals surface area contributed by atoms with Crippen LogP contribution in [0.2, 0.25) is 0 Å². The van der Waals surface area contributed by atoms with Gasteiger partial charge in [0.25, 0.3) is 0 Å². The number of likely N-dealkylation sites (tertiary alicyclic amines) is 1. The van der Waals surface area contributed by atoms with E-state index in [2.05, 4.69) is 10.6 Å². The number of nitrogens with one attached hydrogen (secondary N) is 2. The smallest absolute Gasteiger partial charge is 0.236 e. The van der Waals surface area contributed by atoms with Gasteiger partial charge in [-0.3, -0.25) is 14.9 Å². The van der Waals surface area contributed by atoms with Gasteiger partial charge in [0.1, 0.15) is 0 Å². The second-order valence-electron chi connectivity index (χ2n) is 4.04. The molecule has 0 saturated carbocycles. The van der Waals surface area contributed by atoms with Gasteiger partial charge in [0.05, 0.1) is 13.1 Å². The summed E-state index contributed by atoms with van der Waals surface area (Å²) in [6.45, 7) is 4.91. The highest BCUT2D eigenvalue weighted by Crippen LogP contribution is 2.06. The fourth-order valence-electron chi connectivity index (χ4n) is 1.69. The maximum absolute atomic E-state index is 11.6. The zero-order valence-corrected chi connectivity index (χ0v) is 9.92. The first-order chi connectivity index (χ1) is 7.74. The van der Waals surface area contributed by atoms with Crippen molar-refractivity contribution in [2.24, 2.45) is 0 Å². The topological polar surface area (TPSA) is 61.4 Å². The van der Waals surface area contributed by atoms with Gasteiger partial charge in [-0.15, -0.1) is 0 Å². The minimum absolute atomic E-state index is 0.0453. The highest BCUT2D eigenvalue weighted by molar-refractivity contribution is 5.81. The summed E-state index contributed by atoms with van der Waals surface area (Å²) in [7, 11) is 0. The third-order valence-electron chi connectivity index (χ3n) is 2.59. The van der Waals surface area contributed by atoms with E-state index in [0.717, 1.165) is 32.4 Å². The molecule has 16 heavy (non-hydrogen) atoms. The first-order valence-corrected chi connectivity index (χ1v) is 5.99. The summed E-state index contributed by atoms with van der Waals surface area (Å²) in [6.07, 6.45) is 3.13. The second-order valence-corrected chi connectivity index (χ2v) is 4.04. The molecule has 0 atom stereocenters. The molecule has 0 bridgehead atoms. The zero-order chi connectivity index (χ0) is 11.8. The van der Waals surface area contributed by atoms with Crippen molar-refractivity contribution in [1.29, 1.82) is 0 Å². The second kappa shape index (κ2) is 7.22. The number of carbonyl (C=O) groups excluding carboxylic acids is 2. The van der Waals surface area contributed by atoms with Crippen LogP contribution in [0, 0.1) is 0 Å². The molecule has 0 unspecified atom stereocenters. The van der Waals surface area contributed by atoms with Gasteiger partial charge >= 0.3 is 0 Å². The Hall–Kier alpha value is -1.10. The fraction of sp³-hybridized carbons (Fsp3) is 0.818. The molecule has 0 aromatic rings. The van der Waals surface area contributed by atoms with Crippen LogP contribution in [-0.2, 0) is 9.59 Å². The maximum atomic E-state index is 11.6. The maximum Gasteiger partial charge on any atom is 0.236 e. The van der Waals surface area contributed by atoms with Crippen molar-refractivity contribution >= 4 is 11.8 Å². The van der Waals surface area contributed by atoms with Gasteiger partial charge in [-0.1, -0.05) is 6.92 Å². The van der Waals surface area contributed by atoms with Crippen LogP contribution < -0.4 is 10.6 Å². The summed E-state index contributed by atoms with van der Waals surface area (Å²) in [4.78, 5) is 24.6. The number of amides is 2. The summed E-state index contributed by atoms with van der Waals surface area (Å²) in [6, 6.07) is 0. The molecule has 0 spiro atoms. The lowest BCUT2D eigenvalue weighted by atomic mass is 10.4. The molecule has 5 heteroatoms. The van der Waals surface area contributed by atoms with Crippen LogP contribution in [0.5, 0.6) is 0 Å². The molecule has 1 saturated heterocycles. The molecule has 0 aromatic carbocycles. The van der Waals surface area contributed by atoms with E-state index in [-0.39, 0.29) is 24.9 Å². The average molecular weight is 227 g/mol. The average Bonchev–Trinajstić information content (AvgIpc) is 2.79. The van der Waals surface area contributed by atoms with Gasteiger partial charge in [-0.2, -0.15) is 0 Å². The molecule has 92 valence electrons. The summed E-state index contributed by atoms with van der Waals surface area (Å²) in [5, 5.41) is 5.62. The summed E-state index contributed by atoms with van der Waals surface area (Å²) in [5.41, 5.74) is 0. The molecule has 1 rings (SSSR count). The number of hydrogen-bond donors (Lipinski definition) is 2. The van der Waals surface area contributed by atoms with E-state index < -0.39 is 0 Å². The first kappa shape index (κ1) is 13.0. The molecule has 5 nitrogen and oxygen atoms in total.